The van der Waals surface area contributed by atoms with Crippen LogP contribution in [-0.2, 0) is 4.79 Å². The molecule has 2 aromatic carbocycles. The third kappa shape index (κ3) is 3.84. The first kappa shape index (κ1) is 17.9. The zero-order valence-electron chi connectivity index (χ0n) is 14.6. The summed E-state index contributed by atoms with van der Waals surface area (Å²) in [5.74, 6) is -0.452. The van der Waals surface area contributed by atoms with E-state index in [0.717, 1.165) is 29.8 Å². The fourth-order valence-corrected chi connectivity index (χ4v) is 3.15. The van der Waals surface area contributed by atoms with Crippen LogP contribution in [0.25, 0.3) is 11.1 Å². The number of halogens is 1. The number of nitrogens with zero attached hydrogens (tertiary/aromatic N) is 2. The Bertz CT molecular complexity index is 842. The SMILES string of the molecule is C[C@H](N)C(=O)N[C@H]1CCN(c2ccc(-c3ccc(F)cc3)cc2C#N)C1. The average molecular weight is 352 g/mol. The van der Waals surface area contributed by atoms with Gasteiger partial charge in [-0.1, -0.05) is 18.2 Å². The zero-order valence-corrected chi connectivity index (χ0v) is 14.6. The molecule has 3 N–H and O–H groups in total. The van der Waals surface area contributed by atoms with E-state index in [2.05, 4.69) is 16.3 Å². The molecule has 26 heavy (non-hydrogen) atoms. The third-order valence-corrected chi connectivity index (χ3v) is 4.58. The quantitative estimate of drug-likeness (QED) is 0.885. The maximum absolute atomic E-state index is 13.1. The number of benzene rings is 2. The summed E-state index contributed by atoms with van der Waals surface area (Å²) in [6.07, 6.45) is 0.809. The van der Waals surface area contributed by atoms with Gasteiger partial charge in [0.05, 0.1) is 17.3 Å². The summed E-state index contributed by atoms with van der Waals surface area (Å²) < 4.78 is 13.1. The van der Waals surface area contributed by atoms with E-state index in [-0.39, 0.29) is 17.8 Å². The lowest BCUT2D eigenvalue weighted by Crippen LogP contribution is -2.44. The highest BCUT2D eigenvalue weighted by Gasteiger charge is 2.26. The standard InChI is InChI=1S/C20H21FN4O/c1-13(23)20(26)24-18-8-9-25(12-18)19-7-4-15(10-16(19)11-22)14-2-5-17(21)6-3-14/h2-7,10,13,18H,8-9,12,23H2,1H3,(H,24,26)/t13-,18-/m0/s1. The largest absolute Gasteiger partial charge is 0.368 e. The van der Waals surface area contributed by atoms with Crippen molar-refractivity contribution < 1.29 is 9.18 Å². The number of amides is 1. The van der Waals surface area contributed by atoms with Crippen LogP contribution in [0, 0.1) is 17.1 Å². The van der Waals surface area contributed by atoms with E-state index in [1.807, 2.05) is 18.2 Å². The smallest absolute Gasteiger partial charge is 0.236 e. The molecule has 0 radical (unpaired) electrons. The molecule has 0 spiro atoms. The molecule has 1 fully saturated rings. The number of rotatable bonds is 4. The normalized spacial score (nSPS) is 17.6. The fourth-order valence-electron chi connectivity index (χ4n) is 3.15. The second-order valence-electron chi connectivity index (χ2n) is 6.58. The molecule has 0 saturated carbocycles. The highest BCUT2D eigenvalue weighted by Crippen LogP contribution is 2.29. The first-order valence-electron chi connectivity index (χ1n) is 8.59. The minimum atomic E-state index is -0.534. The van der Waals surface area contributed by atoms with Gasteiger partial charge >= 0.3 is 0 Å². The number of carbonyl (C=O) groups is 1. The molecular formula is C20H21FN4O. The maximum atomic E-state index is 13.1. The summed E-state index contributed by atoms with van der Waals surface area (Å²) >= 11 is 0. The summed E-state index contributed by atoms with van der Waals surface area (Å²) in [4.78, 5) is 13.9. The first-order chi connectivity index (χ1) is 12.5. The van der Waals surface area contributed by atoms with E-state index in [9.17, 15) is 14.4 Å². The molecule has 3 rings (SSSR count). The second kappa shape index (κ2) is 7.54. The molecule has 0 aliphatic carbocycles. The van der Waals surface area contributed by atoms with E-state index in [1.165, 1.54) is 12.1 Å². The third-order valence-electron chi connectivity index (χ3n) is 4.58. The van der Waals surface area contributed by atoms with E-state index < -0.39 is 6.04 Å². The predicted molar refractivity (Wildman–Crippen MR) is 99.0 cm³/mol. The van der Waals surface area contributed by atoms with Crippen molar-refractivity contribution >= 4 is 11.6 Å². The van der Waals surface area contributed by atoms with Crippen LogP contribution in [0.4, 0.5) is 10.1 Å². The zero-order chi connectivity index (χ0) is 18.7. The lowest BCUT2D eigenvalue weighted by molar-refractivity contribution is -0.122. The highest BCUT2D eigenvalue weighted by atomic mass is 19.1. The second-order valence-corrected chi connectivity index (χ2v) is 6.58. The van der Waals surface area contributed by atoms with Crippen LogP contribution >= 0.6 is 0 Å². The summed E-state index contributed by atoms with van der Waals surface area (Å²) in [6, 6.07) is 13.6. The van der Waals surface area contributed by atoms with Crippen LogP contribution in [0.15, 0.2) is 42.5 Å². The number of carbonyl (C=O) groups excluding carboxylic acids is 1. The fraction of sp³-hybridized carbons (Fsp3) is 0.300. The molecule has 0 bridgehead atoms. The lowest BCUT2D eigenvalue weighted by Gasteiger charge is -2.21. The van der Waals surface area contributed by atoms with Crippen LogP contribution in [0.3, 0.4) is 0 Å². The molecule has 2 aromatic rings. The number of anilines is 1. The molecule has 134 valence electrons. The Morgan fingerprint density at radius 1 is 1.31 bits per heavy atom. The van der Waals surface area contributed by atoms with Crippen LogP contribution in [0.5, 0.6) is 0 Å². The number of nitriles is 1. The van der Waals surface area contributed by atoms with Gasteiger partial charge in [0.15, 0.2) is 0 Å². The van der Waals surface area contributed by atoms with Gasteiger partial charge in [0.2, 0.25) is 5.91 Å². The molecule has 0 aromatic heterocycles. The molecule has 1 aliphatic rings. The first-order valence-corrected chi connectivity index (χ1v) is 8.59. The highest BCUT2D eigenvalue weighted by molar-refractivity contribution is 5.81. The Kier molecular flexibility index (Phi) is 5.19. The molecular weight excluding hydrogens is 331 g/mol. The van der Waals surface area contributed by atoms with Gasteiger partial charge in [-0.05, 0) is 48.7 Å². The minimum Gasteiger partial charge on any atom is -0.368 e. The maximum Gasteiger partial charge on any atom is 0.236 e. The minimum absolute atomic E-state index is 0.0248. The van der Waals surface area contributed by atoms with E-state index >= 15 is 0 Å². The van der Waals surface area contributed by atoms with E-state index in [1.54, 1.807) is 19.1 Å². The van der Waals surface area contributed by atoms with Gasteiger partial charge in [-0.15, -0.1) is 0 Å². The molecule has 1 heterocycles. The van der Waals surface area contributed by atoms with Crippen LogP contribution in [0.2, 0.25) is 0 Å². The summed E-state index contributed by atoms with van der Waals surface area (Å²) in [7, 11) is 0. The van der Waals surface area contributed by atoms with Gasteiger partial charge in [0.25, 0.3) is 0 Å². The molecule has 5 nitrogen and oxygen atoms in total. The van der Waals surface area contributed by atoms with Crippen LogP contribution in [-0.4, -0.2) is 31.1 Å². The van der Waals surface area contributed by atoms with Crippen molar-refractivity contribution in [3.63, 3.8) is 0 Å². The van der Waals surface area contributed by atoms with Crippen molar-refractivity contribution in [3.8, 4) is 17.2 Å². The summed E-state index contributed by atoms with van der Waals surface area (Å²) in [6.45, 7) is 3.06. The summed E-state index contributed by atoms with van der Waals surface area (Å²) in [5.41, 5.74) is 8.73. The van der Waals surface area contributed by atoms with Crippen molar-refractivity contribution in [1.82, 2.24) is 5.32 Å². The molecule has 1 aliphatic heterocycles. The Labute approximate surface area is 152 Å². The van der Waals surface area contributed by atoms with Gasteiger partial charge < -0.3 is 16.0 Å². The number of hydrogen-bond donors (Lipinski definition) is 2. The molecule has 1 amide bonds. The van der Waals surface area contributed by atoms with Gasteiger partial charge in [0, 0.05) is 19.1 Å². The van der Waals surface area contributed by atoms with Gasteiger partial charge in [-0.3, -0.25) is 4.79 Å². The monoisotopic (exact) mass is 352 g/mol. The van der Waals surface area contributed by atoms with Crippen molar-refractivity contribution in [2.75, 3.05) is 18.0 Å². The lowest BCUT2D eigenvalue weighted by atomic mass is 10.0. The van der Waals surface area contributed by atoms with Crippen molar-refractivity contribution in [1.29, 1.82) is 5.26 Å². The van der Waals surface area contributed by atoms with Crippen LogP contribution in [0.1, 0.15) is 18.9 Å². The molecule has 6 heteroatoms. The number of nitrogens with one attached hydrogen (secondary N) is 1. The van der Waals surface area contributed by atoms with Crippen LogP contribution < -0.4 is 16.0 Å². The molecule has 2 atom stereocenters. The van der Waals surface area contributed by atoms with Gasteiger partial charge in [-0.25, -0.2) is 4.39 Å². The van der Waals surface area contributed by atoms with E-state index in [4.69, 9.17) is 5.73 Å². The Balaban J connectivity index is 1.78. The van der Waals surface area contributed by atoms with E-state index in [0.29, 0.717) is 12.1 Å². The summed E-state index contributed by atoms with van der Waals surface area (Å²) in [5, 5.41) is 12.5. The number of nitrogens with two attached hydrogens (primary N) is 1. The van der Waals surface area contributed by atoms with Gasteiger partial charge in [-0.2, -0.15) is 5.26 Å². The Morgan fingerprint density at radius 2 is 2.00 bits per heavy atom. The predicted octanol–water partition coefficient (Wildman–Crippen LogP) is 2.41. The Morgan fingerprint density at radius 3 is 2.65 bits per heavy atom. The topological polar surface area (TPSA) is 82.2 Å². The molecule has 1 saturated heterocycles. The van der Waals surface area contributed by atoms with Crippen molar-refractivity contribution in [2.24, 2.45) is 5.73 Å². The molecule has 0 unspecified atom stereocenters. The van der Waals surface area contributed by atoms with Gasteiger partial charge in [0.1, 0.15) is 11.9 Å². The van der Waals surface area contributed by atoms with Crippen molar-refractivity contribution in [3.05, 3.63) is 53.8 Å². The van der Waals surface area contributed by atoms with Crippen molar-refractivity contribution in [2.45, 2.75) is 25.4 Å². The number of hydrogen-bond acceptors (Lipinski definition) is 4. The average Bonchev–Trinajstić information content (AvgIpc) is 3.10. The Hall–Kier alpha value is -2.91.